The maximum Gasteiger partial charge on any atom is 0.187 e. The van der Waals surface area contributed by atoms with Gasteiger partial charge in [0.1, 0.15) is 6.33 Å². The first kappa shape index (κ1) is 13.0. The smallest absolute Gasteiger partial charge is 0.187 e. The highest BCUT2D eigenvalue weighted by atomic mass is 19.1. The van der Waals surface area contributed by atoms with Crippen molar-refractivity contribution in [1.82, 2.24) is 9.97 Å². The molecule has 1 heterocycles. The number of rotatable bonds is 3. The van der Waals surface area contributed by atoms with Gasteiger partial charge in [0.15, 0.2) is 11.6 Å². The highest BCUT2D eigenvalue weighted by molar-refractivity contribution is 5.61. The van der Waals surface area contributed by atoms with Crippen LogP contribution in [-0.4, -0.2) is 17.0 Å². The van der Waals surface area contributed by atoms with Crippen LogP contribution in [0.5, 0.6) is 0 Å². The first-order chi connectivity index (χ1) is 9.17. The van der Waals surface area contributed by atoms with Crippen molar-refractivity contribution < 1.29 is 4.39 Å². The number of hydrogen-bond donors (Lipinski definition) is 0. The molecule has 0 amide bonds. The van der Waals surface area contributed by atoms with E-state index in [2.05, 4.69) is 16.0 Å². The molecule has 0 fully saturated rings. The number of aromatic nitrogens is 2. The van der Waals surface area contributed by atoms with E-state index in [1.807, 2.05) is 6.92 Å². The Balaban J connectivity index is 2.44. The van der Waals surface area contributed by atoms with Crippen molar-refractivity contribution in [2.45, 2.75) is 13.3 Å². The topological polar surface area (TPSA) is 52.8 Å². The van der Waals surface area contributed by atoms with Crippen molar-refractivity contribution in [1.29, 1.82) is 5.26 Å². The normalized spacial score (nSPS) is 10.0. The summed E-state index contributed by atoms with van der Waals surface area (Å²) in [6.45, 7) is 1.84. The van der Waals surface area contributed by atoms with Gasteiger partial charge in [-0.15, -0.1) is 0 Å². The van der Waals surface area contributed by atoms with Crippen molar-refractivity contribution in [3.8, 4) is 6.07 Å². The molecule has 1 aromatic heterocycles. The van der Waals surface area contributed by atoms with E-state index in [0.717, 1.165) is 0 Å². The van der Waals surface area contributed by atoms with Gasteiger partial charge in [0.05, 0.1) is 17.3 Å². The van der Waals surface area contributed by atoms with Crippen molar-refractivity contribution in [2.24, 2.45) is 0 Å². The fraction of sp³-hybridized carbons (Fsp3) is 0.214. The lowest BCUT2D eigenvalue weighted by Crippen LogP contribution is -2.15. The number of hydrogen-bond acceptors (Lipinski definition) is 4. The van der Waals surface area contributed by atoms with Gasteiger partial charge >= 0.3 is 0 Å². The molecular weight excluding hydrogens is 243 g/mol. The fourth-order valence-corrected chi connectivity index (χ4v) is 1.78. The first-order valence-electron chi connectivity index (χ1n) is 5.90. The first-order valence-corrected chi connectivity index (χ1v) is 5.90. The number of aryl methyl sites for hydroxylation is 1. The Morgan fingerprint density at radius 2 is 2.16 bits per heavy atom. The van der Waals surface area contributed by atoms with Crippen molar-refractivity contribution >= 4 is 11.5 Å². The summed E-state index contributed by atoms with van der Waals surface area (Å²) in [5.74, 6) is -0.211. The van der Waals surface area contributed by atoms with E-state index >= 15 is 0 Å². The second-order valence-corrected chi connectivity index (χ2v) is 4.03. The maximum atomic E-state index is 14.2. The molecule has 0 saturated carbocycles. The molecule has 4 nitrogen and oxygen atoms in total. The molecule has 0 spiro atoms. The van der Waals surface area contributed by atoms with Crippen LogP contribution in [0.25, 0.3) is 0 Å². The Morgan fingerprint density at radius 1 is 1.37 bits per heavy atom. The van der Waals surface area contributed by atoms with E-state index in [0.29, 0.717) is 23.4 Å². The molecule has 2 aromatic rings. The molecule has 0 aliphatic carbocycles. The summed E-state index contributed by atoms with van der Waals surface area (Å²) in [4.78, 5) is 9.49. The van der Waals surface area contributed by atoms with E-state index in [-0.39, 0.29) is 5.82 Å². The van der Waals surface area contributed by atoms with E-state index in [1.165, 1.54) is 6.33 Å². The minimum atomic E-state index is -0.421. The molecule has 0 aliphatic heterocycles. The van der Waals surface area contributed by atoms with Crippen LogP contribution >= 0.6 is 0 Å². The molecule has 0 radical (unpaired) electrons. The largest absolute Gasteiger partial charge is 0.327 e. The average molecular weight is 256 g/mol. The average Bonchev–Trinajstić information content (AvgIpc) is 2.47. The zero-order chi connectivity index (χ0) is 13.8. The van der Waals surface area contributed by atoms with Crippen LogP contribution in [0.2, 0.25) is 0 Å². The lowest BCUT2D eigenvalue weighted by molar-refractivity contribution is 0.593. The highest BCUT2D eigenvalue weighted by Gasteiger charge is 2.15. The summed E-state index contributed by atoms with van der Waals surface area (Å²) in [7, 11) is 1.71. The molecule has 0 bridgehead atoms. The van der Waals surface area contributed by atoms with E-state index in [9.17, 15) is 4.39 Å². The van der Waals surface area contributed by atoms with Gasteiger partial charge < -0.3 is 4.90 Å². The quantitative estimate of drug-likeness (QED) is 0.847. The summed E-state index contributed by atoms with van der Waals surface area (Å²) in [5.41, 5.74) is 1.61. The summed E-state index contributed by atoms with van der Waals surface area (Å²) >= 11 is 0. The molecule has 1 aromatic carbocycles. The van der Waals surface area contributed by atoms with E-state index < -0.39 is 5.82 Å². The second-order valence-electron chi connectivity index (χ2n) is 4.03. The fourth-order valence-electron chi connectivity index (χ4n) is 1.78. The highest BCUT2D eigenvalue weighted by Crippen LogP contribution is 2.25. The molecule has 19 heavy (non-hydrogen) atoms. The molecule has 0 aliphatic rings. The lowest BCUT2D eigenvalue weighted by atomic mass is 10.2. The Morgan fingerprint density at radius 3 is 2.84 bits per heavy atom. The maximum absolute atomic E-state index is 14.2. The van der Waals surface area contributed by atoms with Gasteiger partial charge in [-0.2, -0.15) is 5.26 Å². The third-order valence-corrected chi connectivity index (χ3v) is 2.86. The standard InChI is InChI=1S/C14H13FN4/c1-3-12-13(15)14(18-9-17-12)19(2)11-6-4-5-10(7-11)8-16/h4-7,9H,3H2,1-2H3. The van der Waals surface area contributed by atoms with Gasteiger partial charge in [0, 0.05) is 12.7 Å². The van der Waals surface area contributed by atoms with E-state index in [1.54, 1.807) is 36.2 Å². The van der Waals surface area contributed by atoms with Crippen LogP contribution in [0.1, 0.15) is 18.2 Å². The van der Waals surface area contributed by atoms with E-state index in [4.69, 9.17) is 5.26 Å². The Kier molecular flexibility index (Phi) is 3.71. The molecule has 2 rings (SSSR count). The van der Waals surface area contributed by atoms with Crippen LogP contribution in [0, 0.1) is 17.1 Å². The number of benzene rings is 1. The molecule has 0 N–H and O–H groups in total. The van der Waals surface area contributed by atoms with Crippen LogP contribution in [-0.2, 0) is 6.42 Å². The van der Waals surface area contributed by atoms with Gasteiger partial charge in [0.25, 0.3) is 0 Å². The summed E-state index contributed by atoms with van der Waals surface area (Å²) in [5, 5.41) is 8.88. The van der Waals surface area contributed by atoms with Crippen LogP contribution in [0.3, 0.4) is 0 Å². The molecular formula is C14H13FN4. The van der Waals surface area contributed by atoms with Crippen LogP contribution < -0.4 is 4.90 Å². The third-order valence-electron chi connectivity index (χ3n) is 2.86. The van der Waals surface area contributed by atoms with Crippen molar-refractivity contribution in [2.75, 3.05) is 11.9 Å². The minimum Gasteiger partial charge on any atom is -0.327 e. The van der Waals surface area contributed by atoms with Crippen LogP contribution in [0.15, 0.2) is 30.6 Å². The lowest BCUT2D eigenvalue weighted by Gasteiger charge is -2.19. The summed E-state index contributed by atoms with van der Waals surface area (Å²) in [6, 6.07) is 9.00. The summed E-state index contributed by atoms with van der Waals surface area (Å²) in [6.07, 6.45) is 1.86. The van der Waals surface area contributed by atoms with Gasteiger partial charge in [0.2, 0.25) is 0 Å². The van der Waals surface area contributed by atoms with Crippen LogP contribution in [0.4, 0.5) is 15.9 Å². The SMILES string of the molecule is CCc1ncnc(N(C)c2cccc(C#N)c2)c1F. The predicted molar refractivity (Wildman–Crippen MR) is 70.6 cm³/mol. The van der Waals surface area contributed by atoms with Gasteiger partial charge in [-0.25, -0.2) is 14.4 Å². The Hall–Kier alpha value is -2.48. The number of nitrogens with zero attached hydrogens (tertiary/aromatic N) is 4. The third kappa shape index (κ3) is 2.52. The zero-order valence-electron chi connectivity index (χ0n) is 10.8. The van der Waals surface area contributed by atoms with Crippen molar-refractivity contribution in [3.05, 3.63) is 47.7 Å². The van der Waals surface area contributed by atoms with Gasteiger partial charge in [-0.1, -0.05) is 13.0 Å². The Bertz CT molecular complexity index is 634. The molecule has 0 unspecified atom stereocenters. The molecule has 96 valence electrons. The zero-order valence-corrected chi connectivity index (χ0v) is 10.8. The summed E-state index contributed by atoms with van der Waals surface area (Å²) < 4.78 is 14.2. The molecule has 0 atom stereocenters. The number of halogens is 1. The molecule has 0 saturated heterocycles. The van der Waals surface area contributed by atoms with Crippen molar-refractivity contribution in [3.63, 3.8) is 0 Å². The van der Waals surface area contributed by atoms with Gasteiger partial charge in [-0.05, 0) is 24.6 Å². The Labute approximate surface area is 111 Å². The predicted octanol–water partition coefficient (Wildman–Crippen LogP) is 2.82. The number of anilines is 2. The number of nitriles is 1. The molecule has 5 heteroatoms. The monoisotopic (exact) mass is 256 g/mol. The van der Waals surface area contributed by atoms with Gasteiger partial charge in [-0.3, -0.25) is 0 Å². The minimum absolute atomic E-state index is 0.210. The second kappa shape index (κ2) is 5.44.